The first kappa shape index (κ1) is 7.04. The number of carbonyl (C=O) groups is 1. The zero-order valence-corrected chi connectivity index (χ0v) is 7.23. The van der Waals surface area contributed by atoms with E-state index in [2.05, 4.69) is 6.92 Å². The lowest BCUT2D eigenvalue weighted by Gasteiger charge is -1.91. The summed E-state index contributed by atoms with van der Waals surface area (Å²) < 4.78 is 0. The molecule has 0 radical (unpaired) electrons. The molecular formula is C9H10OS. The van der Waals surface area contributed by atoms with Crippen LogP contribution in [0.4, 0.5) is 0 Å². The van der Waals surface area contributed by atoms with Gasteiger partial charge in [-0.25, -0.2) is 0 Å². The zero-order valence-electron chi connectivity index (χ0n) is 6.41. The van der Waals surface area contributed by atoms with Crippen molar-refractivity contribution in [1.82, 2.24) is 0 Å². The van der Waals surface area contributed by atoms with Gasteiger partial charge >= 0.3 is 0 Å². The van der Waals surface area contributed by atoms with Crippen LogP contribution in [-0.4, -0.2) is 5.78 Å². The van der Waals surface area contributed by atoms with E-state index in [1.54, 1.807) is 11.3 Å². The van der Waals surface area contributed by atoms with Gasteiger partial charge in [-0.2, -0.15) is 0 Å². The molecule has 1 saturated carbocycles. The topological polar surface area (TPSA) is 17.1 Å². The lowest BCUT2D eigenvalue weighted by atomic mass is 10.2. The van der Waals surface area contributed by atoms with Crippen LogP contribution < -0.4 is 0 Å². The first-order valence-electron chi connectivity index (χ1n) is 3.87. The van der Waals surface area contributed by atoms with Gasteiger partial charge in [0.2, 0.25) is 0 Å². The maximum absolute atomic E-state index is 11.5. The molecule has 1 aliphatic rings. The smallest absolute Gasteiger partial charge is 0.176 e. The fourth-order valence-electron chi connectivity index (χ4n) is 1.29. The van der Waals surface area contributed by atoms with Gasteiger partial charge in [0.1, 0.15) is 0 Å². The van der Waals surface area contributed by atoms with E-state index >= 15 is 0 Å². The third-order valence-corrected chi connectivity index (χ3v) is 3.09. The third kappa shape index (κ3) is 1.23. The molecule has 58 valence electrons. The van der Waals surface area contributed by atoms with Gasteiger partial charge in [0.25, 0.3) is 0 Å². The number of Topliss-reactive ketones (excluding diaryl/α,β-unsaturated/α-hetero) is 1. The second-order valence-corrected chi connectivity index (χ2v) is 4.11. The van der Waals surface area contributed by atoms with Crippen molar-refractivity contribution in [1.29, 1.82) is 0 Å². The summed E-state index contributed by atoms with van der Waals surface area (Å²) in [5, 5.41) is 1.96. The Morgan fingerprint density at radius 1 is 1.73 bits per heavy atom. The minimum atomic E-state index is 0.341. The Bertz CT molecular complexity index is 263. The van der Waals surface area contributed by atoms with Crippen molar-refractivity contribution in [3.8, 4) is 0 Å². The molecule has 1 heterocycles. The van der Waals surface area contributed by atoms with E-state index in [-0.39, 0.29) is 0 Å². The molecule has 0 amide bonds. The highest BCUT2D eigenvalue weighted by molar-refractivity contribution is 7.12. The molecule has 1 aromatic heterocycles. The van der Waals surface area contributed by atoms with Crippen molar-refractivity contribution in [2.45, 2.75) is 13.3 Å². The van der Waals surface area contributed by atoms with Crippen LogP contribution in [0.2, 0.25) is 0 Å². The summed E-state index contributed by atoms with van der Waals surface area (Å²) in [5.74, 6) is 1.32. The zero-order chi connectivity index (χ0) is 7.84. The Morgan fingerprint density at radius 2 is 2.45 bits per heavy atom. The fourth-order valence-corrected chi connectivity index (χ4v) is 2.02. The van der Waals surface area contributed by atoms with Crippen LogP contribution in [0.15, 0.2) is 17.5 Å². The molecule has 0 aromatic carbocycles. The first-order valence-corrected chi connectivity index (χ1v) is 4.74. The van der Waals surface area contributed by atoms with Crippen molar-refractivity contribution in [2.24, 2.45) is 11.8 Å². The largest absolute Gasteiger partial charge is 0.293 e. The molecule has 0 saturated heterocycles. The van der Waals surface area contributed by atoms with Gasteiger partial charge < -0.3 is 0 Å². The summed E-state index contributed by atoms with van der Waals surface area (Å²) in [5.41, 5.74) is 0. The second kappa shape index (κ2) is 2.45. The van der Waals surface area contributed by atoms with E-state index < -0.39 is 0 Å². The van der Waals surface area contributed by atoms with Crippen LogP contribution in [0, 0.1) is 11.8 Å². The van der Waals surface area contributed by atoms with E-state index in [0.717, 1.165) is 11.3 Å². The summed E-state index contributed by atoms with van der Waals surface area (Å²) in [6.07, 6.45) is 1.09. The van der Waals surface area contributed by atoms with Gasteiger partial charge in [-0.3, -0.25) is 4.79 Å². The monoisotopic (exact) mass is 166 g/mol. The van der Waals surface area contributed by atoms with E-state index in [9.17, 15) is 4.79 Å². The first-order chi connectivity index (χ1) is 5.29. The average molecular weight is 166 g/mol. The molecule has 0 spiro atoms. The standard InChI is InChI=1S/C9H10OS/c1-6-5-7(6)9(10)8-3-2-4-11-8/h2-4,6-7H,5H2,1H3. The Labute approximate surface area is 70.1 Å². The van der Waals surface area contributed by atoms with Gasteiger partial charge in [-0.1, -0.05) is 13.0 Å². The van der Waals surface area contributed by atoms with Gasteiger partial charge in [0.15, 0.2) is 5.78 Å². The SMILES string of the molecule is CC1CC1C(=O)c1cccs1. The van der Waals surface area contributed by atoms with Gasteiger partial charge in [-0.15, -0.1) is 11.3 Å². The Kier molecular flexibility index (Phi) is 1.57. The van der Waals surface area contributed by atoms with Crippen molar-refractivity contribution in [2.75, 3.05) is 0 Å². The Morgan fingerprint density at radius 3 is 2.91 bits per heavy atom. The maximum atomic E-state index is 11.5. The molecule has 0 aliphatic heterocycles. The number of hydrogen-bond donors (Lipinski definition) is 0. The highest BCUT2D eigenvalue weighted by Gasteiger charge is 2.39. The number of carbonyl (C=O) groups excluding carboxylic acids is 1. The van der Waals surface area contributed by atoms with Crippen LogP contribution in [0.5, 0.6) is 0 Å². The summed E-state index contributed by atoms with van der Waals surface area (Å²) in [6.45, 7) is 2.14. The minimum absolute atomic E-state index is 0.341. The van der Waals surface area contributed by atoms with Gasteiger partial charge in [-0.05, 0) is 23.8 Å². The van der Waals surface area contributed by atoms with E-state index in [0.29, 0.717) is 17.6 Å². The van der Waals surface area contributed by atoms with Crippen molar-refractivity contribution < 1.29 is 4.79 Å². The van der Waals surface area contributed by atoms with Crippen LogP contribution >= 0.6 is 11.3 Å². The minimum Gasteiger partial charge on any atom is -0.293 e. The molecule has 11 heavy (non-hydrogen) atoms. The lowest BCUT2D eigenvalue weighted by molar-refractivity contribution is 0.0966. The molecule has 1 aliphatic carbocycles. The van der Waals surface area contributed by atoms with Crippen LogP contribution in [0.25, 0.3) is 0 Å². The number of thiophene rings is 1. The normalized spacial score (nSPS) is 28.5. The third-order valence-electron chi connectivity index (χ3n) is 2.21. The van der Waals surface area contributed by atoms with Crippen molar-refractivity contribution >= 4 is 17.1 Å². The number of hydrogen-bond acceptors (Lipinski definition) is 2. The summed E-state index contributed by atoms with van der Waals surface area (Å²) in [4.78, 5) is 12.4. The Hall–Kier alpha value is -0.630. The van der Waals surface area contributed by atoms with Crippen LogP contribution in [0.3, 0.4) is 0 Å². The second-order valence-electron chi connectivity index (χ2n) is 3.16. The molecular weight excluding hydrogens is 156 g/mol. The van der Waals surface area contributed by atoms with Gasteiger partial charge in [0.05, 0.1) is 4.88 Å². The maximum Gasteiger partial charge on any atom is 0.176 e. The molecule has 0 N–H and O–H groups in total. The van der Waals surface area contributed by atoms with E-state index in [1.165, 1.54) is 0 Å². The fraction of sp³-hybridized carbons (Fsp3) is 0.444. The number of ketones is 1. The van der Waals surface area contributed by atoms with Crippen molar-refractivity contribution in [3.63, 3.8) is 0 Å². The highest BCUT2D eigenvalue weighted by atomic mass is 32.1. The molecule has 2 unspecified atom stereocenters. The molecule has 1 nitrogen and oxygen atoms in total. The molecule has 1 aromatic rings. The van der Waals surface area contributed by atoms with E-state index in [1.807, 2.05) is 17.5 Å². The number of rotatable bonds is 2. The van der Waals surface area contributed by atoms with E-state index in [4.69, 9.17) is 0 Å². The summed E-state index contributed by atoms with van der Waals surface area (Å²) in [7, 11) is 0. The lowest BCUT2D eigenvalue weighted by Crippen LogP contribution is -1.99. The predicted octanol–water partition coefficient (Wildman–Crippen LogP) is 2.59. The summed E-state index contributed by atoms with van der Waals surface area (Å²) in [6, 6.07) is 3.85. The van der Waals surface area contributed by atoms with Gasteiger partial charge in [0, 0.05) is 5.92 Å². The Balaban J connectivity index is 2.13. The molecule has 0 bridgehead atoms. The van der Waals surface area contributed by atoms with Crippen LogP contribution in [0.1, 0.15) is 23.0 Å². The molecule has 2 heteroatoms. The average Bonchev–Trinajstić information content (AvgIpc) is 2.56. The predicted molar refractivity (Wildman–Crippen MR) is 45.9 cm³/mol. The summed E-state index contributed by atoms with van der Waals surface area (Å²) >= 11 is 1.55. The quantitative estimate of drug-likeness (QED) is 0.617. The molecule has 2 atom stereocenters. The van der Waals surface area contributed by atoms with Crippen molar-refractivity contribution in [3.05, 3.63) is 22.4 Å². The van der Waals surface area contributed by atoms with Crippen LogP contribution in [-0.2, 0) is 0 Å². The molecule has 2 rings (SSSR count). The molecule has 1 fully saturated rings. The highest BCUT2D eigenvalue weighted by Crippen LogP contribution is 2.40.